The summed E-state index contributed by atoms with van der Waals surface area (Å²) < 4.78 is 0. The molecule has 3 unspecified atom stereocenters. The van der Waals surface area contributed by atoms with Crippen LogP contribution < -0.4 is 0 Å². The van der Waals surface area contributed by atoms with Gasteiger partial charge in [0, 0.05) is 31.0 Å². The highest BCUT2D eigenvalue weighted by atomic mass is 16.3. The molecule has 0 aromatic rings. The second kappa shape index (κ2) is 3.87. The van der Waals surface area contributed by atoms with Gasteiger partial charge in [0.25, 0.3) is 0 Å². The van der Waals surface area contributed by atoms with E-state index >= 15 is 0 Å². The Morgan fingerprint density at radius 1 is 1.33 bits per heavy atom. The molecule has 0 aliphatic heterocycles. The lowest BCUT2D eigenvalue weighted by Crippen LogP contribution is -2.22. The number of aliphatic hydroxyl groups is 2. The van der Waals surface area contributed by atoms with Crippen molar-refractivity contribution in [1.29, 1.82) is 0 Å². The topological polar surface area (TPSA) is 40.5 Å². The first-order valence-corrected chi connectivity index (χ1v) is 4.26. The Balaban J connectivity index is 2.68. The highest BCUT2D eigenvalue weighted by molar-refractivity contribution is 5.17. The fraction of sp³-hybridized carbons (Fsp3) is 0.600. The van der Waals surface area contributed by atoms with Crippen molar-refractivity contribution in [3.63, 3.8) is 0 Å². The molecule has 0 saturated carbocycles. The third-order valence-corrected chi connectivity index (χ3v) is 2.57. The fourth-order valence-corrected chi connectivity index (χ4v) is 1.79. The summed E-state index contributed by atoms with van der Waals surface area (Å²) in [5.74, 6) is 0.483. The zero-order valence-electron chi connectivity index (χ0n) is 7.40. The number of rotatable bonds is 3. The number of hydrogen-bond acceptors (Lipinski definition) is 2. The Morgan fingerprint density at radius 2 is 2.00 bits per heavy atom. The van der Waals surface area contributed by atoms with E-state index in [4.69, 9.17) is 10.2 Å². The third kappa shape index (κ3) is 1.59. The molecule has 0 aromatic heterocycles. The van der Waals surface area contributed by atoms with Crippen LogP contribution in [-0.4, -0.2) is 23.4 Å². The molecule has 0 saturated heterocycles. The minimum absolute atomic E-state index is 0.108. The van der Waals surface area contributed by atoms with Gasteiger partial charge in [0.05, 0.1) is 0 Å². The van der Waals surface area contributed by atoms with Gasteiger partial charge in [0.2, 0.25) is 0 Å². The lowest BCUT2D eigenvalue weighted by atomic mass is 9.85. The maximum Gasteiger partial charge on any atom is 0.0497 e. The lowest BCUT2D eigenvalue weighted by Gasteiger charge is -2.21. The summed E-state index contributed by atoms with van der Waals surface area (Å²) in [4.78, 5) is 0. The Kier molecular flexibility index (Phi) is 3.06. The monoisotopic (exact) mass is 168 g/mol. The van der Waals surface area contributed by atoms with Gasteiger partial charge in [0.15, 0.2) is 0 Å². The standard InChI is InChI=1S/C10H16O2/c1-7(2)9-4-3-8(5-11)10(9)6-12/h3-4,8-12H,1,5-6H2,2H3. The van der Waals surface area contributed by atoms with E-state index in [0.717, 1.165) is 5.57 Å². The minimum Gasteiger partial charge on any atom is -0.396 e. The smallest absolute Gasteiger partial charge is 0.0497 e. The molecule has 1 aliphatic carbocycles. The second-order valence-corrected chi connectivity index (χ2v) is 3.45. The molecule has 2 N–H and O–H groups in total. The third-order valence-electron chi connectivity index (χ3n) is 2.57. The quantitative estimate of drug-likeness (QED) is 0.616. The van der Waals surface area contributed by atoms with Gasteiger partial charge in [-0.05, 0) is 6.92 Å². The van der Waals surface area contributed by atoms with Crippen LogP contribution in [0.4, 0.5) is 0 Å². The van der Waals surface area contributed by atoms with E-state index in [2.05, 4.69) is 6.58 Å². The van der Waals surface area contributed by atoms with Crippen molar-refractivity contribution in [3.05, 3.63) is 24.3 Å². The van der Waals surface area contributed by atoms with E-state index in [1.54, 1.807) is 0 Å². The summed E-state index contributed by atoms with van der Waals surface area (Å²) in [6, 6.07) is 0. The Bertz CT molecular complexity index is 196. The summed E-state index contributed by atoms with van der Waals surface area (Å²) in [6.07, 6.45) is 4.00. The van der Waals surface area contributed by atoms with Crippen molar-refractivity contribution in [2.75, 3.05) is 13.2 Å². The Morgan fingerprint density at radius 3 is 2.42 bits per heavy atom. The maximum absolute atomic E-state index is 9.09. The van der Waals surface area contributed by atoms with Crippen molar-refractivity contribution in [2.45, 2.75) is 6.92 Å². The van der Waals surface area contributed by atoms with Gasteiger partial charge in [-0.25, -0.2) is 0 Å². The van der Waals surface area contributed by atoms with Crippen molar-refractivity contribution in [1.82, 2.24) is 0 Å². The van der Waals surface area contributed by atoms with E-state index in [9.17, 15) is 0 Å². The molecule has 2 nitrogen and oxygen atoms in total. The van der Waals surface area contributed by atoms with Crippen molar-refractivity contribution in [3.8, 4) is 0 Å². The molecule has 3 atom stereocenters. The summed E-state index contributed by atoms with van der Waals surface area (Å²) in [5.41, 5.74) is 1.06. The molecule has 1 rings (SSSR count). The molecule has 68 valence electrons. The average molecular weight is 168 g/mol. The van der Waals surface area contributed by atoms with Gasteiger partial charge in [-0.15, -0.1) is 0 Å². The zero-order chi connectivity index (χ0) is 9.14. The van der Waals surface area contributed by atoms with Crippen molar-refractivity contribution >= 4 is 0 Å². The molecule has 0 heterocycles. The first-order chi connectivity index (χ1) is 5.70. The van der Waals surface area contributed by atoms with Crippen LogP contribution in [0.15, 0.2) is 24.3 Å². The summed E-state index contributed by atoms with van der Waals surface area (Å²) in [7, 11) is 0. The SMILES string of the molecule is C=C(C)C1C=CC(CO)C1CO. The van der Waals surface area contributed by atoms with Crippen LogP contribution in [0.25, 0.3) is 0 Å². The molecular weight excluding hydrogens is 152 g/mol. The molecule has 0 aromatic carbocycles. The lowest BCUT2D eigenvalue weighted by molar-refractivity contribution is 0.137. The predicted octanol–water partition coefficient (Wildman–Crippen LogP) is 0.965. The predicted molar refractivity (Wildman–Crippen MR) is 48.6 cm³/mol. The van der Waals surface area contributed by atoms with E-state index in [1.165, 1.54) is 0 Å². The zero-order valence-corrected chi connectivity index (χ0v) is 7.40. The van der Waals surface area contributed by atoms with Gasteiger partial charge in [-0.3, -0.25) is 0 Å². The molecule has 12 heavy (non-hydrogen) atoms. The number of allylic oxidation sites excluding steroid dienone is 2. The van der Waals surface area contributed by atoms with Gasteiger partial charge >= 0.3 is 0 Å². The molecule has 0 radical (unpaired) electrons. The van der Waals surface area contributed by atoms with Crippen LogP contribution in [0.3, 0.4) is 0 Å². The van der Waals surface area contributed by atoms with Crippen LogP contribution in [0.5, 0.6) is 0 Å². The molecule has 0 fully saturated rings. The Hall–Kier alpha value is -0.600. The van der Waals surface area contributed by atoms with Crippen LogP contribution in [0, 0.1) is 17.8 Å². The molecule has 0 spiro atoms. The summed E-state index contributed by atoms with van der Waals surface area (Å²) in [6.45, 7) is 6.05. The normalized spacial score (nSPS) is 34.1. The van der Waals surface area contributed by atoms with Crippen LogP contribution in [0.2, 0.25) is 0 Å². The van der Waals surface area contributed by atoms with Crippen LogP contribution in [0.1, 0.15) is 6.92 Å². The first kappa shape index (κ1) is 9.49. The van der Waals surface area contributed by atoms with Gasteiger partial charge in [0.1, 0.15) is 0 Å². The number of hydrogen-bond donors (Lipinski definition) is 2. The molecule has 0 amide bonds. The maximum atomic E-state index is 9.09. The Labute approximate surface area is 73.2 Å². The minimum atomic E-state index is 0.108. The molecule has 1 aliphatic rings. The summed E-state index contributed by atoms with van der Waals surface area (Å²) in [5, 5.41) is 18.1. The largest absolute Gasteiger partial charge is 0.396 e. The van der Waals surface area contributed by atoms with E-state index in [0.29, 0.717) is 0 Å². The highest BCUT2D eigenvalue weighted by Gasteiger charge is 2.30. The van der Waals surface area contributed by atoms with Crippen LogP contribution >= 0.6 is 0 Å². The van der Waals surface area contributed by atoms with Gasteiger partial charge in [-0.1, -0.05) is 24.3 Å². The van der Waals surface area contributed by atoms with Crippen molar-refractivity contribution in [2.24, 2.45) is 17.8 Å². The van der Waals surface area contributed by atoms with E-state index < -0.39 is 0 Å². The first-order valence-electron chi connectivity index (χ1n) is 4.26. The summed E-state index contributed by atoms with van der Waals surface area (Å²) >= 11 is 0. The van der Waals surface area contributed by atoms with E-state index in [-0.39, 0.29) is 31.0 Å². The highest BCUT2D eigenvalue weighted by Crippen LogP contribution is 2.34. The van der Waals surface area contributed by atoms with Gasteiger partial charge in [-0.2, -0.15) is 0 Å². The van der Waals surface area contributed by atoms with Crippen LogP contribution in [-0.2, 0) is 0 Å². The number of aliphatic hydroxyl groups excluding tert-OH is 2. The van der Waals surface area contributed by atoms with Crippen molar-refractivity contribution < 1.29 is 10.2 Å². The van der Waals surface area contributed by atoms with Gasteiger partial charge < -0.3 is 10.2 Å². The second-order valence-electron chi connectivity index (χ2n) is 3.45. The van der Waals surface area contributed by atoms with E-state index in [1.807, 2.05) is 19.1 Å². The molecule has 0 bridgehead atoms. The average Bonchev–Trinajstić information content (AvgIpc) is 2.46. The fourth-order valence-electron chi connectivity index (χ4n) is 1.79. The molecular formula is C10H16O2. The molecule has 2 heteroatoms.